The van der Waals surface area contributed by atoms with Gasteiger partial charge >= 0.3 is 0 Å². The molecule has 0 unspecified atom stereocenters. The maximum absolute atomic E-state index is 12.7. The van der Waals surface area contributed by atoms with E-state index in [0.29, 0.717) is 21.6 Å². The predicted octanol–water partition coefficient (Wildman–Crippen LogP) is 4.94. The summed E-state index contributed by atoms with van der Waals surface area (Å²) < 4.78 is 1.82. The molecule has 0 aliphatic heterocycles. The Bertz CT molecular complexity index is 1120. The van der Waals surface area contributed by atoms with Crippen molar-refractivity contribution in [2.75, 3.05) is 11.1 Å². The zero-order valence-corrected chi connectivity index (χ0v) is 20.9. The normalized spacial score (nSPS) is 12.0. The van der Waals surface area contributed by atoms with Gasteiger partial charge in [-0.1, -0.05) is 55.4 Å². The highest BCUT2D eigenvalue weighted by Gasteiger charge is 2.25. The molecule has 3 rings (SSSR count). The monoisotopic (exact) mass is 485 g/mol. The summed E-state index contributed by atoms with van der Waals surface area (Å²) in [6.45, 7) is 7.95. The minimum Gasteiger partial charge on any atom is -0.342 e. The number of hydrogen-bond donors (Lipinski definition) is 2. The Hall–Kier alpha value is -2.84. The molecule has 0 saturated carbocycles. The fraction of sp³-hybridized carbons (Fsp3) is 0.333. The second-order valence-corrected chi connectivity index (χ2v) is 9.58. The van der Waals surface area contributed by atoms with Crippen molar-refractivity contribution in [2.24, 2.45) is 13.0 Å². The Morgan fingerprint density at radius 2 is 1.70 bits per heavy atom. The summed E-state index contributed by atoms with van der Waals surface area (Å²) in [7, 11) is 1.84. The van der Waals surface area contributed by atoms with Crippen molar-refractivity contribution in [3.8, 4) is 0 Å². The highest BCUT2D eigenvalue weighted by atomic mass is 35.5. The molecule has 1 aromatic heterocycles. The number of aryl methyl sites for hydroxylation is 2. The van der Waals surface area contributed by atoms with Crippen LogP contribution in [0, 0.1) is 19.8 Å². The first-order valence-electron chi connectivity index (χ1n) is 10.6. The Kier molecular flexibility index (Phi) is 8.15. The molecule has 2 aromatic carbocycles. The maximum Gasteiger partial charge on any atom is 0.251 e. The summed E-state index contributed by atoms with van der Waals surface area (Å²) in [5.74, 6) is 0.580. The third-order valence-corrected chi connectivity index (χ3v) is 6.56. The van der Waals surface area contributed by atoms with Crippen LogP contribution in [0.15, 0.2) is 47.6 Å². The molecular weight excluding hydrogens is 458 g/mol. The fourth-order valence-electron chi connectivity index (χ4n) is 3.40. The topological polar surface area (TPSA) is 88.9 Å². The van der Waals surface area contributed by atoms with Crippen LogP contribution < -0.4 is 10.6 Å². The first kappa shape index (κ1) is 24.8. The van der Waals surface area contributed by atoms with Crippen molar-refractivity contribution in [1.82, 2.24) is 20.1 Å². The molecule has 1 atom stereocenters. The molecule has 2 amide bonds. The minimum atomic E-state index is -0.344. The second kappa shape index (κ2) is 10.9. The zero-order chi connectivity index (χ0) is 24.1. The van der Waals surface area contributed by atoms with Crippen molar-refractivity contribution in [3.63, 3.8) is 0 Å². The zero-order valence-electron chi connectivity index (χ0n) is 19.3. The van der Waals surface area contributed by atoms with Crippen LogP contribution in [0.25, 0.3) is 0 Å². The van der Waals surface area contributed by atoms with Crippen molar-refractivity contribution in [2.45, 2.75) is 38.9 Å². The van der Waals surface area contributed by atoms with Crippen LogP contribution >= 0.6 is 23.4 Å². The molecule has 174 valence electrons. The van der Waals surface area contributed by atoms with E-state index in [1.807, 2.05) is 57.5 Å². The van der Waals surface area contributed by atoms with Crippen LogP contribution in [-0.2, 0) is 11.8 Å². The Morgan fingerprint density at radius 3 is 2.30 bits per heavy atom. The van der Waals surface area contributed by atoms with Crippen LogP contribution in [0.3, 0.4) is 0 Å². The first-order chi connectivity index (χ1) is 15.7. The molecule has 0 saturated heterocycles. The number of carbonyl (C=O) groups is 2. The van der Waals surface area contributed by atoms with Crippen LogP contribution in [-0.4, -0.2) is 32.3 Å². The van der Waals surface area contributed by atoms with E-state index in [2.05, 4.69) is 20.8 Å². The van der Waals surface area contributed by atoms with Gasteiger partial charge in [0.2, 0.25) is 5.91 Å². The van der Waals surface area contributed by atoms with Crippen LogP contribution in [0.4, 0.5) is 5.69 Å². The van der Waals surface area contributed by atoms with Crippen LogP contribution in [0.5, 0.6) is 0 Å². The maximum atomic E-state index is 12.7. The van der Waals surface area contributed by atoms with Gasteiger partial charge in [0, 0.05) is 23.3 Å². The SMILES string of the molecule is Cc1cccc(C)c1NC(=O)CSc1nnc([C@H](NC(=O)c2ccc(Cl)cc2)C(C)C)n1C. The van der Waals surface area contributed by atoms with Crippen molar-refractivity contribution in [3.05, 3.63) is 70.0 Å². The van der Waals surface area contributed by atoms with E-state index in [1.54, 1.807) is 24.3 Å². The molecule has 0 spiro atoms. The van der Waals surface area contributed by atoms with Gasteiger partial charge in [-0.25, -0.2) is 0 Å². The Labute approximate surface area is 203 Å². The summed E-state index contributed by atoms with van der Waals surface area (Å²) in [5, 5.41) is 15.8. The average molecular weight is 486 g/mol. The summed E-state index contributed by atoms with van der Waals surface area (Å²) in [6.07, 6.45) is 0. The van der Waals surface area contributed by atoms with Gasteiger partial charge in [-0.3, -0.25) is 9.59 Å². The Balaban J connectivity index is 1.68. The van der Waals surface area contributed by atoms with Gasteiger partial charge < -0.3 is 15.2 Å². The van der Waals surface area contributed by atoms with Gasteiger partial charge in [0.05, 0.1) is 11.8 Å². The second-order valence-electron chi connectivity index (χ2n) is 8.21. The highest BCUT2D eigenvalue weighted by molar-refractivity contribution is 7.99. The summed E-state index contributed by atoms with van der Waals surface area (Å²) in [6, 6.07) is 12.3. The lowest BCUT2D eigenvalue weighted by Gasteiger charge is -2.21. The number of rotatable bonds is 8. The molecule has 0 aliphatic rings. The number of amides is 2. The van der Waals surface area contributed by atoms with E-state index in [1.165, 1.54) is 11.8 Å². The van der Waals surface area contributed by atoms with E-state index in [0.717, 1.165) is 16.8 Å². The molecule has 0 fully saturated rings. The third kappa shape index (κ3) is 6.15. The van der Waals surface area contributed by atoms with Crippen molar-refractivity contribution >= 4 is 40.9 Å². The molecule has 7 nitrogen and oxygen atoms in total. The van der Waals surface area contributed by atoms with Gasteiger partial charge in [-0.15, -0.1) is 10.2 Å². The molecule has 0 radical (unpaired) electrons. The molecule has 2 N–H and O–H groups in total. The largest absolute Gasteiger partial charge is 0.342 e. The molecular formula is C24H28ClN5O2S. The molecule has 0 aliphatic carbocycles. The summed E-state index contributed by atoms with van der Waals surface area (Å²) >= 11 is 7.22. The minimum absolute atomic E-state index is 0.0781. The number of para-hydroxylation sites is 1. The number of nitrogens with one attached hydrogen (secondary N) is 2. The smallest absolute Gasteiger partial charge is 0.251 e. The van der Waals surface area contributed by atoms with Gasteiger partial charge in [-0.2, -0.15) is 0 Å². The fourth-order valence-corrected chi connectivity index (χ4v) is 4.24. The molecule has 33 heavy (non-hydrogen) atoms. The van der Waals surface area contributed by atoms with E-state index in [4.69, 9.17) is 11.6 Å². The number of aromatic nitrogens is 3. The van der Waals surface area contributed by atoms with Gasteiger partial charge in [0.25, 0.3) is 5.91 Å². The number of anilines is 1. The lowest BCUT2D eigenvalue weighted by Crippen LogP contribution is -2.33. The number of carbonyl (C=O) groups excluding carboxylic acids is 2. The van der Waals surface area contributed by atoms with Crippen molar-refractivity contribution < 1.29 is 9.59 Å². The number of thioether (sulfide) groups is 1. The lowest BCUT2D eigenvalue weighted by atomic mass is 10.0. The number of benzene rings is 2. The van der Waals surface area contributed by atoms with Gasteiger partial charge in [0.15, 0.2) is 11.0 Å². The third-order valence-electron chi connectivity index (χ3n) is 5.28. The molecule has 3 aromatic rings. The van der Waals surface area contributed by atoms with Gasteiger partial charge in [-0.05, 0) is 55.2 Å². The number of hydrogen-bond acceptors (Lipinski definition) is 5. The molecule has 1 heterocycles. The standard InChI is InChI=1S/C24H28ClN5O2S/c1-14(2)20(27-23(32)17-9-11-18(25)12-10-17)22-28-29-24(30(22)5)33-13-19(31)26-21-15(3)7-6-8-16(21)4/h6-12,14,20H,13H2,1-5H3,(H,26,31)(H,27,32)/t20-/m1/s1. The van der Waals surface area contributed by atoms with E-state index in [-0.39, 0.29) is 29.5 Å². The summed E-state index contributed by atoms with van der Waals surface area (Å²) in [4.78, 5) is 25.3. The predicted molar refractivity (Wildman–Crippen MR) is 133 cm³/mol. The van der Waals surface area contributed by atoms with Gasteiger partial charge in [0.1, 0.15) is 0 Å². The average Bonchev–Trinajstić information content (AvgIpc) is 3.13. The quantitative estimate of drug-likeness (QED) is 0.441. The Morgan fingerprint density at radius 1 is 1.06 bits per heavy atom. The molecule has 0 bridgehead atoms. The van der Waals surface area contributed by atoms with Crippen LogP contribution in [0.2, 0.25) is 5.02 Å². The number of nitrogens with zero attached hydrogens (tertiary/aromatic N) is 3. The van der Waals surface area contributed by atoms with E-state index < -0.39 is 0 Å². The lowest BCUT2D eigenvalue weighted by molar-refractivity contribution is -0.113. The highest BCUT2D eigenvalue weighted by Crippen LogP contribution is 2.25. The van der Waals surface area contributed by atoms with Crippen molar-refractivity contribution in [1.29, 1.82) is 0 Å². The van der Waals surface area contributed by atoms with Crippen LogP contribution in [0.1, 0.15) is 47.2 Å². The first-order valence-corrected chi connectivity index (χ1v) is 12.0. The van der Waals surface area contributed by atoms with E-state index in [9.17, 15) is 9.59 Å². The molecule has 9 heteroatoms. The van der Waals surface area contributed by atoms with E-state index >= 15 is 0 Å². The summed E-state index contributed by atoms with van der Waals surface area (Å²) in [5.41, 5.74) is 3.40. The number of halogens is 1.